The number of rotatable bonds is 8. The minimum Gasteiger partial charge on any atom is -0.497 e. The number of esters is 1. The maximum atomic E-state index is 12.6. The van der Waals surface area contributed by atoms with Crippen LogP contribution in [0.1, 0.15) is 22.3 Å². The summed E-state index contributed by atoms with van der Waals surface area (Å²) < 4.78 is 10.0. The number of nitrogens with zero attached hydrogens (tertiary/aromatic N) is 2. The number of ether oxygens (including phenoxy) is 2. The van der Waals surface area contributed by atoms with Crippen LogP contribution in [0.5, 0.6) is 5.75 Å². The van der Waals surface area contributed by atoms with Gasteiger partial charge in [0, 0.05) is 5.69 Å². The molecule has 29 heavy (non-hydrogen) atoms. The number of aromatic nitrogens is 1. The first-order chi connectivity index (χ1) is 13.9. The molecule has 2 aromatic rings. The molecule has 1 aromatic heterocycles. The van der Waals surface area contributed by atoms with E-state index in [1.54, 1.807) is 51.5 Å². The average molecular weight is 433 g/mol. The van der Waals surface area contributed by atoms with Gasteiger partial charge in [-0.1, -0.05) is 11.3 Å². The van der Waals surface area contributed by atoms with Gasteiger partial charge in [-0.25, -0.2) is 9.78 Å². The van der Waals surface area contributed by atoms with Gasteiger partial charge in [0.25, 0.3) is 5.91 Å². The van der Waals surface area contributed by atoms with Crippen LogP contribution in [0.4, 0.5) is 10.8 Å². The second-order valence-electron chi connectivity index (χ2n) is 5.48. The summed E-state index contributed by atoms with van der Waals surface area (Å²) >= 11 is 2.30. The lowest BCUT2D eigenvalue weighted by atomic mass is 10.3. The van der Waals surface area contributed by atoms with Crippen LogP contribution in [-0.4, -0.2) is 36.8 Å². The lowest BCUT2D eigenvalue weighted by Gasteiger charge is -2.08. The van der Waals surface area contributed by atoms with Crippen LogP contribution in [0, 0.1) is 18.3 Å². The Labute approximate surface area is 176 Å². The van der Waals surface area contributed by atoms with E-state index in [2.05, 4.69) is 15.6 Å². The molecule has 2 rings (SSSR count). The number of hydrogen-bond acceptors (Lipinski definition) is 9. The maximum absolute atomic E-state index is 12.6. The van der Waals surface area contributed by atoms with E-state index in [1.807, 2.05) is 6.07 Å². The number of aryl methyl sites for hydroxylation is 1. The molecule has 1 amide bonds. The van der Waals surface area contributed by atoms with Crippen molar-refractivity contribution in [2.45, 2.75) is 13.8 Å². The van der Waals surface area contributed by atoms with E-state index in [0.29, 0.717) is 32.2 Å². The summed E-state index contributed by atoms with van der Waals surface area (Å²) in [6.45, 7) is 3.54. The topological polar surface area (TPSA) is 113 Å². The summed E-state index contributed by atoms with van der Waals surface area (Å²) in [6, 6.07) is 8.82. The summed E-state index contributed by atoms with van der Waals surface area (Å²) in [5.74, 6) is -0.328. The largest absolute Gasteiger partial charge is 0.497 e. The average Bonchev–Trinajstić information content (AvgIpc) is 3.08. The van der Waals surface area contributed by atoms with Crippen LogP contribution >= 0.6 is 23.1 Å². The normalized spacial score (nSPS) is 11.1. The number of nitrogens with one attached hydrogen (secondary N) is 2. The number of benzene rings is 1. The van der Waals surface area contributed by atoms with Gasteiger partial charge in [0.15, 0.2) is 10.7 Å². The number of methoxy groups -OCH3 is 1. The zero-order valence-electron chi connectivity index (χ0n) is 16.4. The van der Waals surface area contributed by atoms with Gasteiger partial charge in [-0.05, 0) is 44.4 Å². The molecule has 0 bridgehead atoms. The standard InChI is InChI=1S/C19H20N4O4S2/c1-5-27-18(25)14(10-20)17(28-4)23-19-21-11(2)15(29-19)16(24)22-12-6-8-13(26-3)9-7-12/h6-9H,5H2,1-4H3,(H,21,23)(H,22,24)/b17-14+. The van der Waals surface area contributed by atoms with E-state index >= 15 is 0 Å². The van der Waals surface area contributed by atoms with Crippen molar-refractivity contribution in [2.75, 3.05) is 30.6 Å². The first-order valence-corrected chi connectivity index (χ1v) is 10.5. The molecule has 0 aliphatic carbocycles. The number of anilines is 2. The fraction of sp³-hybridized carbons (Fsp3) is 0.263. The minimum absolute atomic E-state index is 0.142. The van der Waals surface area contributed by atoms with Gasteiger partial charge in [0.2, 0.25) is 0 Å². The summed E-state index contributed by atoms with van der Waals surface area (Å²) in [5.41, 5.74) is 1.01. The van der Waals surface area contributed by atoms with Crippen molar-refractivity contribution in [3.63, 3.8) is 0 Å². The summed E-state index contributed by atoms with van der Waals surface area (Å²) in [4.78, 5) is 29.3. The van der Waals surface area contributed by atoms with Gasteiger partial charge in [0.05, 0.1) is 24.4 Å². The first kappa shape index (κ1) is 22.3. The van der Waals surface area contributed by atoms with E-state index in [1.165, 1.54) is 11.8 Å². The van der Waals surface area contributed by atoms with Crippen LogP contribution in [0.2, 0.25) is 0 Å². The number of thiazole rings is 1. The Kier molecular flexibility index (Phi) is 8.06. The zero-order valence-corrected chi connectivity index (χ0v) is 18.0. The molecule has 0 saturated carbocycles. The Morgan fingerprint density at radius 2 is 1.97 bits per heavy atom. The quantitative estimate of drug-likeness (QED) is 0.368. The Morgan fingerprint density at radius 3 is 2.52 bits per heavy atom. The van der Waals surface area contributed by atoms with Gasteiger partial charge in [-0.2, -0.15) is 5.26 Å². The Balaban J connectivity index is 2.20. The number of thioether (sulfide) groups is 1. The molecule has 0 unspecified atom stereocenters. The molecule has 0 aliphatic heterocycles. The summed E-state index contributed by atoms with van der Waals surface area (Å²) in [7, 11) is 1.57. The highest BCUT2D eigenvalue weighted by atomic mass is 32.2. The molecule has 0 saturated heterocycles. The van der Waals surface area contributed by atoms with Crippen LogP contribution in [0.3, 0.4) is 0 Å². The van der Waals surface area contributed by atoms with Crippen molar-refractivity contribution in [2.24, 2.45) is 0 Å². The Hall–Kier alpha value is -3.03. The molecular weight excluding hydrogens is 412 g/mol. The second-order valence-corrected chi connectivity index (χ2v) is 7.30. The highest BCUT2D eigenvalue weighted by Gasteiger charge is 2.20. The van der Waals surface area contributed by atoms with Crippen molar-refractivity contribution in [3.8, 4) is 11.8 Å². The van der Waals surface area contributed by atoms with E-state index in [0.717, 1.165) is 11.3 Å². The predicted octanol–water partition coefficient (Wildman–Crippen LogP) is 3.79. The molecule has 0 radical (unpaired) electrons. The number of carbonyl (C=O) groups excluding carboxylic acids is 2. The molecule has 8 nitrogen and oxygen atoms in total. The maximum Gasteiger partial charge on any atom is 0.351 e. The highest BCUT2D eigenvalue weighted by Crippen LogP contribution is 2.28. The Morgan fingerprint density at radius 1 is 1.28 bits per heavy atom. The molecule has 2 N–H and O–H groups in total. The molecule has 152 valence electrons. The lowest BCUT2D eigenvalue weighted by molar-refractivity contribution is -0.138. The number of nitriles is 1. The van der Waals surface area contributed by atoms with Crippen molar-refractivity contribution < 1.29 is 19.1 Å². The van der Waals surface area contributed by atoms with Gasteiger partial charge in [0.1, 0.15) is 16.7 Å². The third kappa shape index (κ3) is 5.73. The molecule has 1 aromatic carbocycles. The first-order valence-electron chi connectivity index (χ1n) is 8.48. The van der Waals surface area contributed by atoms with Crippen molar-refractivity contribution >= 4 is 45.8 Å². The van der Waals surface area contributed by atoms with Crippen molar-refractivity contribution in [1.82, 2.24) is 4.98 Å². The van der Waals surface area contributed by atoms with Gasteiger partial charge >= 0.3 is 5.97 Å². The van der Waals surface area contributed by atoms with Gasteiger partial charge < -0.3 is 20.1 Å². The zero-order chi connectivity index (χ0) is 21.4. The summed E-state index contributed by atoms with van der Waals surface area (Å²) in [5, 5.41) is 15.7. The number of amides is 1. The van der Waals surface area contributed by atoms with Crippen molar-refractivity contribution in [3.05, 3.63) is 45.4 Å². The molecule has 0 spiro atoms. The van der Waals surface area contributed by atoms with Crippen molar-refractivity contribution in [1.29, 1.82) is 5.26 Å². The predicted molar refractivity (Wildman–Crippen MR) is 114 cm³/mol. The fourth-order valence-electron chi connectivity index (χ4n) is 2.23. The van der Waals surface area contributed by atoms with Gasteiger partial charge in [-0.3, -0.25) is 4.79 Å². The van der Waals surface area contributed by atoms with Crippen LogP contribution < -0.4 is 15.4 Å². The SMILES string of the molecule is CCOC(=O)/C(C#N)=C(\Nc1nc(C)c(C(=O)Nc2ccc(OC)cc2)s1)SC. The number of carbonyl (C=O) groups is 2. The lowest BCUT2D eigenvalue weighted by Crippen LogP contribution is -2.11. The van der Waals surface area contributed by atoms with Crippen LogP contribution in [0.15, 0.2) is 34.9 Å². The summed E-state index contributed by atoms with van der Waals surface area (Å²) in [6.07, 6.45) is 1.72. The molecule has 10 heteroatoms. The molecule has 0 aliphatic rings. The number of hydrogen-bond donors (Lipinski definition) is 2. The molecular formula is C19H20N4O4S2. The van der Waals surface area contributed by atoms with E-state index in [9.17, 15) is 14.9 Å². The fourth-order valence-corrected chi connectivity index (χ4v) is 3.69. The Bertz CT molecular complexity index is 962. The van der Waals surface area contributed by atoms with Crippen LogP contribution in [0.25, 0.3) is 0 Å². The third-order valence-electron chi connectivity index (χ3n) is 3.59. The molecule has 1 heterocycles. The van der Waals surface area contributed by atoms with E-state index in [-0.39, 0.29) is 18.1 Å². The van der Waals surface area contributed by atoms with E-state index < -0.39 is 5.97 Å². The highest BCUT2D eigenvalue weighted by molar-refractivity contribution is 8.02. The van der Waals surface area contributed by atoms with Crippen LogP contribution in [-0.2, 0) is 9.53 Å². The molecule has 0 fully saturated rings. The minimum atomic E-state index is -0.711. The third-order valence-corrected chi connectivity index (χ3v) is 5.38. The van der Waals surface area contributed by atoms with E-state index in [4.69, 9.17) is 9.47 Å². The van der Waals surface area contributed by atoms with Gasteiger partial charge in [-0.15, -0.1) is 11.8 Å². The monoisotopic (exact) mass is 432 g/mol. The second kappa shape index (κ2) is 10.5. The smallest absolute Gasteiger partial charge is 0.351 e. The molecule has 0 atom stereocenters.